The number of hydrogen-bond acceptors (Lipinski definition) is 3. The average Bonchev–Trinajstić information content (AvgIpc) is 2.60. The van der Waals surface area contributed by atoms with Gasteiger partial charge in [0.2, 0.25) is 0 Å². The van der Waals surface area contributed by atoms with Crippen LogP contribution in [0.3, 0.4) is 0 Å². The number of benzene rings is 2. The third kappa shape index (κ3) is 3.89. The van der Waals surface area contributed by atoms with Crippen molar-refractivity contribution in [2.75, 3.05) is 7.11 Å². The number of aromatic nitrogens is 2. The van der Waals surface area contributed by atoms with Gasteiger partial charge in [0.1, 0.15) is 5.75 Å². The SMILES string of the molecule is COc1ccc(Cn2c(-c3cccc(Br)c3)c(Cl)nc(Cl)c2=O)cc1. The van der Waals surface area contributed by atoms with Crippen LogP contribution >= 0.6 is 39.1 Å². The van der Waals surface area contributed by atoms with E-state index in [4.69, 9.17) is 27.9 Å². The highest BCUT2D eigenvalue weighted by Gasteiger charge is 2.16. The number of rotatable bonds is 4. The molecule has 128 valence electrons. The summed E-state index contributed by atoms with van der Waals surface area (Å²) in [5.41, 5.74) is 1.82. The Balaban J connectivity index is 2.15. The Bertz CT molecular complexity index is 972. The van der Waals surface area contributed by atoms with Crippen LogP contribution in [0.5, 0.6) is 5.75 Å². The van der Waals surface area contributed by atoms with Crippen LogP contribution < -0.4 is 10.3 Å². The second kappa shape index (κ2) is 7.60. The molecule has 0 atom stereocenters. The molecule has 0 aliphatic heterocycles. The minimum atomic E-state index is -0.392. The van der Waals surface area contributed by atoms with Gasteiger partial charge >= 0.3 is 0 Å². The maximum atomic E-state index is 12.6. The van der Waals surface area contributed by atoms with Gasteiger partial charge in [-0.15, -0.1) is 0 Å². The van der Waals surface area contributed by atoms with Crippen LogP contribution in [0.4, 0.5) is 0 Å². The Morgan fingerprint density at radius 1 is 1.12 bits per heavy atom. The average molecular weight is 440 g/mol. The van der Waals surface area contributed by atoms with Gasteiger partial charge < -0.3 is 4.74 Å². The molecule has 0 saturated carbocycles. The van der Waals surface area contributed by atoms with Crippen LogP contribution in [-0.4, -0.2) is 16.7 Å². The van der Waals surface area contributed by atoms with Gasteiger partial charge in [0.15, 0.2) is 10.3 Å². The van der Waals surface area contributed by atoms with Gasteiger partial charge in [-0.3, -0.25) is 9.36 Å². The molecule has 1 heterocycles. The van der Waals surface area contributed by atoms with Gasteiger partial charge in [0.25, 0.3) is 5.56 Å². The van der Waals surface area contributed by atoms with Crippen molar-refractivity contribution < 1.29 is 4.74 Å². The molecule has 1 aromatic heterocycles. The Hall–Kier alpha value is -1.82. The van der Waals surface area contributed by atoms with Crippen molar-refractivity contribution in [2.24, 2.45) is 0 Å². The zero-order valence-electron chi connectivity index (χ0n) is 13.2. The standard InChI is InChI=1S/C18H13BrCl2N2O2/c1-25-14-7-5-11(6-8-14)10-23-15(12-3-2-4-13(19)9-12)16(20)22-17(21)18(23)24/h2-9H,10H2,1H3. The van der Waals surface area contributed by atoms with E-state index in [9.17, 15) is 4.79 Å². The second-order valence-corrected chi connectivity index (χ2v) is 6.92. The molecule has 0 saturated heterocycles. The molecule has 25 heavy (non-hydrogen) atoms. The fourth-order valence-electron chi connectivity index (χ4n) is 2.49. The van der Waals surface area contributed by atoms with Gasteiger partial charge in [0.05, 0.1) is 19.3 Å². The predicted molar refractivity (Wildman–Crippen MR) is 104 cm³/mol. The van der Waals surface area contributed by atoms with Gasteiger partial charge in [-0.25, -0.2) is 4.98 Å². The Kier molecular flexibility index (Phi) is 5.47. The van der Waals surface area contributed by atoms with Gasteiger partial charge in [0, 0.05) is 10.0 Å². The van der Waals surface area contributed by atoms with Gasteiger partial charge in [-0.05, 0) is 29.8 Å². The van der Waals surface area contributed by atoms with Crippen molar-refractivity contribution in [3.63, 3.8) is 0 Å². The predicted octanol–water partition coefficient (Wildman–Crippen LogP) is 5.04. The molecular weight excluding hydrogens is 427 g/mol. The molecule has 0 unspecified atom stereocenters. The molecule has 0 spiro atoms. The molecule has 3 rings (SSSR count). The third-order valence-electron chi connectivity index (χ3n) is 3.68. The highest BCUT2D eigenvalue weighted by Crippen LogP contribution is 2.29. The number of hydrogen-bond donors (Lipinski definition) is 0. The summed E-state index contributed by atoms with van der Waals surface area (Å²) >= 11 is 15.7. The summed E-state index contributed by atoms with van der Waals surface area (Å²) in [7, 11) is 1.60. The van der Waals surface area contributed by atoms with Crippen LogP contribution in [0, 0.1) is 0 Å². The highest BCUT2D eigenvalue weighted by molar-refractivity contribution is 9.10. The third-order valence-corrected chi connectivity index (χ3v) is 4.68. The lowest BCUT2D eigenvalue weighted by Gasteiger charge is -2.15. The van der Waals surface area contributed by atoms with Crippen LogP contribution in [0.2, 0.25) is 10.3 Å². The quantitative estimate of drug-likeness (QED) is 0.572. The molecule has 0 fully saturated rings. The Morgan fingerprint density at radius 3 is 2.48 bits per heavy atom. The Labute approximate surface area is 163 Å². The second-order valence-electron chi connectivity index (χ2n) is 5.29. The summed E-state index contributed by atoms with van der Waals surface area (Å²) in [4.78, 5) is 16.6. The Morgan fingerprint density at radius 2 is 1.84 bits per heavy atom. The first-order valence-electron chi connectivity index (χ1n) is 7.34. The molecular formula is C18H13BrCl2N2O2. The number of halogens is 3. The lowest BCUT2D eigenvalue weighted by Crippen LogP contribution is -2.24. The van der Waals surface area contributed by atoms with Crippen LogP contribution in [-0.2, 0) is 6.54 Å². The summed E-state index contributed by atoms with van der Waals surface area (Å²) in [5.74, 6) is 0.745. The van der Waals surface area contributed by atoms with Crippen molar-refractivity contribution in [3.05, 3.63) is 79.2 Å². The molecule has 0 amide bonds. The van der Waals surface area contributed by atoms with E-state index in [1.165, 1.54) is 4.57 Å². The number of methoxy groups -OCH3 is 1. The van der Waals surface area contributed by atoms with E-state index in [0.717, 1.165) is 21.3 Å². The van der Waals surface area contributed by atoms with E-state index in [1.54, 1.807) is 7.11 Å². The summed E-state index contributed by atoms with van der Waals surface area (Å²) in [5, 5.41) is 0.0217. The molecule has 7 heteroatoms. The summed E-state index contributed by atoms with van der Waals surface area (Å²) in [6.45, 7) is 0.312. The zero-order chi connectivity index (χ0) is 18.0. The topological polar surface area (TPSA) is 44.1 Å². The van der Waals surface area contributed by atoms with E-state index < -0.39 is 5.56 Å². The minimum absolute atomic E-state index is 0.155. The lowest BCUT2D eigenvalue weighted by molar-refractivity contribution is 0.414. The van der Waals surface area contributed by atoms with E-state index in [1.807, 2.05) is 48.5 Å². The zero-order valence-corrected chi connectivity index (χ0v) is 16.3. The van der Waals surface area contributed by atoms with Crippen LogP contribution in [0.15, 0.2) is 57.8 Å². The molecule has 0 aliphatic carbocycles. The largest absolute Gasteiger partial charge is 0.497 e. The van der Waals surface area contributed by atoms with E-state index in [0.29, 0.717) is 12.2 Å². The van der Waals surface area contributed by atoms with Gasteiger partial charge in [-0.2, -0.15) is 0 Å². The first kappa shape index (κ1) is 18.0. The van der Waals surface area contributed by atoms with Crippen LogP contribution in [0.25, 0.3) is 11.3 Å². The molecule has 0 aliphatic rings. The minimum Gasteiger partial charge on any atom is -0.497 e. The number of nitrogens with zero attached hydrogens (tertiary/aromatic N) is 2. The molecule has 2 aromatic carbocycles. The van der Waals surface area contributed by atoms with Crippen molar-refractivity contribution in [1.29, 1.82) is 0 Å². The lowest BCUT2D eigenvalue weighted by atomic mass is 10.1. The van der Waals surface area contributed by atoms with Gasteiger partial charge in [-0.1, -0.05) is 63.4 Å². The monoisotopic (exact) mass is 438 g/mol. The van der Waals surface area contributed by atoms with E-state index in [-0.39, 0.29) is 10.3 Å². The summed E-state index contributed by atoms with van der Waals surface area (Å²) in [6, 6.07) is 15.0. The first-order chi connectivity index (χ1) is 12.0. The van der Waals surface area contributed by atoms with E-state index in [2.05, 4.69) is 20.9 Å². The normalized spacial score (nSPS) is 10.7. The summed E-state index contributed by atoms with van der Waals surface area (Å²) in [6.07, 6.45) is 0. The van der Waals surface area contributed by atoms with Crippen LogP contribution in [0.1, 0.15) is 5.56 Å². The van der Waals surface area contributed by atoms with Crippen molar-refractivity contribution in [1.82, 2.24) is 9.55 Å². The molecule has 0 bridgehead atoms. The van der Waals surface area contributed by atoms with E-state index >= 15 is 0 Å². The fourth-order valence-corrected chi connectivity index (χ4v) is 3.41. The maximum absolute atomic E-state index is 12.6. The maximum Gasteiger partial charge on any atom is 0.289 e. The van der Waals surface area contributed by atoms with Crippen molar-refractivity contribution >= 4 is 39.1 Å². The molecule has 4 nitrogen and oxygen atoms in total. The highest BCUT2D eigenvalue weighted by atomic mass is 79.9. The molecule has 0 N–H and O–H groups in total. The smallest absolute Gasteiger partial charge is 0.289 e. The first-order valence-corrected chi connectivity index (χ1v) is 8.89. The summed E-state index contributed by atoms with van der Waals surface area (Å²) < 4.78 is 7.57. The fraction of sp³-hybridized carbons (Fsp3) is 0.111. The number of ether oxygens (including phenoxy) is 1. The van der Waals surface area contributed by atoms with Crippen molar-refractivity contribution in [3.8, 4) is 17.0 Å². The molecule has 0 radical (unpaired) electrons. The molecule has 3 aromatic rings. The van der Waals surface area contributed by atoms with Crippen molar-refractivity contribution in [2.45, 2.75) is 6.54 Å².